The number of aryl methyl sites for hydroxylation is 1. The molecule has 20 heavy (non-hydrogen) atoms. The van der Waals surface area contributed by atoms with Gasteiger partial charge < -0.3 is 10.0 Å². The van der Waals surface area contributed by atoms with Crippen LogP contribution in [0.2, 0.25) is 0 Å². The Morgan fingerprint density at radius 3 is 2.95 bits per heavy atom. The maximum atomic E-state index is 12.5. The van der Waals surface area contributed by atoms with E-state index in [1.165, 1.54) is 16.2 Å². The van der Waals surface area contributed by atoms with Gasteiger partial charge in [-0.05, 0) is 31.6 Å². The van der Waals surface area contributed by atoms with Crippen molar-refractivity contribution in [1.82, 2.24) is 9.88 Å². The Labute approximate surface area is 122 Å². The fourth-order valence-corrected chi connectivity index (χ4v) is 3.47. The van der Waals surface area contributed by atoms with Gasteiger partial charge in [-0.25, -0.2) is 9.78 Å². The molecule has 0 saturated carbocycles. The first-order chi connectivity index (χ1) is 9.52. The minimum Gasteiger partial charge on any atom is -0.480 e. The van der Waals surface area contributed by atoms with E-state index in [1.807, 2.05) is 6.92 Å². The van der Waals surface area contributed by atoms with Crippen molar-refractivity contribution >= 4 is 23.2 Å². The number of thiazole rings is 1. The number of carbonyl (C=O) groups excluding carboxylic acids is 1. The van der Waals surface area contributed by atoms with Gasteiger partial charge in [0.15, 0.2) is 0 Å². The number of aliphatic carboxylic acids is 1. The van der Waals surface area contributed by atoms with Crippen molar-refractivity contribution in [2.24, 2.45) is 5.92 Å². The lowest BCUT2D eigenvalue weighted by molar-refractivity contribution is -0.144. The van der Waals surface area contributed by atoms with Crippen LogP contribution in [0, 0.1) is 5.92 Å². The molecule has 0 spiro atoms. The highest BCUT2D eigenvalue weighted by Gasteiger charge is 2.35. The Morgan fingerprint density at radius 2 is 2.30 bits per heavy atom. The number of nitrogens with zero attached hydrogens (tertiary/aromatic N) is 2. The van der Waals surface area contributed by atoms with E-state index in [9.17, 15) is 14.7 Å². The molecule has 110 valence electrons. The number of rotatable bonds is 4. The minimum atomic E-state index is -0.914. The van der Waals surface area contributed by atoms with E-state index in [4.69, 9.17) is 0 Å². The van der Waals surface area contributed by atoms with Crippen molar-refractivity contribution in [1.29, 1.82) is 0 Å². The van der Waals surface area contributed by atoms with E-state index >= 15 is 0 Å². The summed E-state index contributed by atoms with van der Waals surface area (Å²) in [6.45, 7) is 4.61. The van der Waals surface area contributed by atoms with Crippen LogP contribution in [0.1, 0.15) is 47.8 Å². The first kappa shape index (κ1) is 15.0. The van der Waals surface area contributed by atoms with Gasteiger partial charge >= 0.3 is 5.97 Å². The molecule has 5 nitrogen and oxygen atoms in total. The number of likely N-dealkylation sites (tertiary alicyclic amines) is 1. The molecule has 6 heteroatoms. The van der Waals surface area contributed by atoms with E-state index < -0.39 is 12.0 Å². The summed E-state index contributed by atoms with van der Waals surface area (Å²) in [6.07, 6.45) is 4.81. The molecule has 1 fully saturated rings. The molecule has 1 amide bonds. The molecule has 1 aromatic heterocycles. The number of hydrogen-bond acceptors (Lipinski definition) is 4. The predicted molar refractivity (Wildman–Crippen MR) is 77.0 cm³/mol. The van der Waals surface area contributed by atoms with Gasteiger partial charge in [0.25, 0.3) is 5.91 Å². The summed E-state index contributed by atoms with van der Waals surface area (Å²) in [7, 11) is 0. The molecule has 1 aliphatic rings. The van der Waals surface area contributed by atoms with Crippen LogP contribution in [-0.4, -0.2) is 39.5 Å². The molecule has 1 aromatic rings. The third-order valence-electron chi connectivity index (χ3n) is 3.64. The van der Waals surface area contributed by atoms with E-state index in [2.05, 4.69) is 11.9 Å². The Bertz CT molecular complexity index is 500. The molecule has 2 rings (SSSR count). The summed E-state index contributed by atoms with van der Waals surface area (Å²) >= 11 is 1.38. The van der Waals surface area contributed by atoms with Crippen LogP contribution in [0.3, 0.4) is 0 Å². The zero-order valence-electron chi connectivity index (χ0n) is 11.8. The lowest BCUT2D eigenvalue weighted by Gasteiger charge is -2.35. The van der Waals surface area contributed by atoms with Crippen molar-refractivity contribution in [3.05, 3.63) is 16.1 Å². The second kappa shape index (κ2) is 6.35. The average Bonchev–Trinajstić information content (AvgIpc) is 2.87. The highest BCUT2D eigenvalue weighted by Crippen LogP contribution is 2.26. The van der Waals surface area contributed by atoms with Gasteiger partial charge in [-0.2, -0.15) is 0 Å². The van der Waals surface area contributed by atoms with E-state index in [0.29, 0.717) is 23.8 Å². The van der Waals surface area contributed by atoms with Crippen LogP contribution in [0.4, 0.5) is 0 Å². The molecule has 2 atom stereocenters. The molecule has 1 saturated heterocycles. The van der Waals surface area contributed by atoms with Crippen LogP contribution in [0.15, 0.2) is 6.20 Å². The van der Waals surface area contributed by atoms with Gasteiger partial charge in [0.05, 0.1) is 11.2 Å². The summed E-state index contributed by atoms with van der Waals surface area (Å²) in [5, 5.41) is 10.2. The van der Waals surface area contributed by atoms with Crippen LogP contribution < -0.4 is 0 Å². The normalized spacial score (nSPS) is 22.8. The third kappa shape index (κ3) is 3.17. The van der Waals surface area contributed by atoms with Gasteiger partial charge in [0, 0.05) is 6.54 Å². The topological polar surface area (TPSA) is 70.5 Å². The second-order valence-electron chi connectivity index (χ2n) is 5.35. The standard InChI is InChI=1S/C14H20N2O3S/c1-3-4-12-15-8-11(20-12)13(17)16-6-5-9(2)7-10(16)14(18)19/h8-10H,3-7H2,1-2H3,(H,18,19). The highest BCUT2D eigenvalue weighted by atomic mass is 32.1. The Hall–Kier alpha value is -1.43. The number of aromatic nitrogens is 1. The van der Waals surface area contributed by atoms with Gasteiger partial charge in [-0.15, -0.1) is 11.3 Å². The van der Waals surface area contributed by atoms with E-state index in [1.54, 1.807) is 6.20 Å². The molecular weight excluding hydrogens is 276 g/mol. The first-order valence-corrected chi connectivity index (χ1v) is 7.83. The molecule has 2 heterocycles. The number of carboxylic acids is 1. The third-order valence-corrected chi connectivity index (χ3v) is 4.68. The Morgan fingerprint density at radius 1 is 1.55 bits per heavy atom. The van der Waals surface area contributed by atoms with Crippen LogP contribution in [-0.2, 0) is 11.2 Å². The lowest BCUT2D eigenvalue weighted by Crippen LogP contribution is -2.49. The van der Waals surface area contributed by atoms with Gasteiger partial charge in [0.1, 0.15) is 10.9 Å². The molecule has 0 radical (unpaired) electrons. The summed E-state index contributed by atoms with van der Waals surface area (Å²) in [4.78, 5) is 30.1. The summed E-state index contributed by atoms with van der Waals surface area (Å²) in [5.74, 6) is -0.760. The number of hydrogen-bond donors (Lipinski definition) is 1. The number of carboxylic acid groups (broad SMARTS) is 1. The monoisotopic (exact) mass is 296 g/mol. The zero-order chi connectivity index (χ0) is 14.7. The molecular formula is C14H20N2O3S. The van der Waals surface area contributed by atoms with Crippen molar-refractivity contribution in [2.45, 2.75) is 45.6 Å². The summed E-state index contributed by atoms with van der Waals surface area (Å²) in [5.41, 5.74) is 0. The molecule has 0 aromatic carbocycles. The summed E-state index contributed by atoms with van der Waals surface area (Å²) in [6, 6.07) is -0.706. The van der Waals surface area contributed by atoms with Crippen LogP contribution in [0.25, 0.3) is 0 Å². The van der Waals surface area contributed by atoms with Crippen molar-refractivity contribution in [3.63, 3.8) is 0 Å². The highest BCUT2D eigenvalue weighted by molar-refractivity contribution is 7.13. The van der Waals surface area contributed by atoms with Gasteiger partial charge in [0.2, 0.25) is 0 Å². The van der Waals surface area contributed by atoms with E-state index in [-0.39, 0.29) is 5.91 Å². The van der Waals surface area contributed by atoms with Crippen LogP contribution in [0.5, 0.6) is 0 Å². The van der Waals surface area contributed by atoms with Gasteiger partial charge in [-0.3, -0.25) is 4.79 Å². The minimum absolute atomic E-state index is 0.191. The molecule has 0 bridgehead atoms. The average molecular weight is 296 g/mol. The van der Waals surface area contributed by atoms with Crippen molar-refractivity contribution in [3.8, 4) is 0 Å². The summed E-state index contributed by atoms with van der Waals surface area (Å²) < 4.78 is 0. The predicted octanol–water partition coefficient (Wildman–Crippen LogP) is 2.42. The van der Waals surface area contributed by atoms with E-state index in [0.717, 1.165) is 24.3 Å². The van der Waals surface area contributed by atoms with Gasteiger partial charge in [-0.1, -0.05) is 13.8 Å². The van der Waals surface area contributed by atoms with Crippen molar-refractivity contribution in [2.75, 3.05) is 6.54 Å². The number of piperidine rings is 1. The number of carbonyl (C=O) groups is 2. The molecule has 1 N–H and O–H groups in total. The lowest BCUT2D eigenvalue weighted by atomic mass is 9.92. The molecule has 0 aliphatic carbocycles. The zero-order valence-corrected chi connectivity index (χ0v) is 12.7. The van der Waals surface area contributed by atoms with Crippen molar-refractivity contribution < 1.29 is 14.7 Å². The first-order valence-electron chi connectivity index (χ1n) is 7.01. The second-order valence-corrected chi connectivity index (χ2v) is 6.47. The molecule has 2 unspecified atom stereocenters. The molecule has 1 aliphatic heterocycles. The number of amides is 1. The fraction of sp³-hybridized carbons (Fsp3) is 0.643. The Balaban J connectivity index is 2.15. The quantitative estimate of drug-likeness (QED) is 0.926. The SMILES string of the molecule is CCCc1ncc(C(=O)N2CCC(C)CC2C(=O)O)s1. The maximum absolute atomic E-state index is 12.5. The maximum Gasteiger partial charge on any atom is 0.326 e. The smallest absolute Gasteiger partial charge is 0.326 e. The van der Waals surface area contributed by atoms with Crippen LogP contribution >= 0.6 is 11.3 Å². The largest absolute Gasteiger partial charge is 0.480 e. The fourth-order valence-electron chi connectivity index (χ4n) is 2.50. The Kier molecular flexibility index (Phi) is 4.75.